The summed E-state index contributed by atoms with van der Waals surface area (Å²) in [5, 5.41) is 12.8. The highest BCUT2D eigenvalue weighted by molar-refractivity contribution is 7.16. The van der Waals surface area contributed by atoms with Crippen molar-refractivity contribution in [2.75, 3.05) is 30.9 Å². The zero-order valence-electron chi connectivity index (χ0n) is 20.4. The van der Waals surface area contributed by atoms with E-state index in [1.165, 1.54) is 0 Å². The molecule has 190 valence electrons. The molecule has 4 N–H and O–H groups in total. The Bertz CT molecular complexity index is 1220. The van der Waals surface area contributed by atoms with Crippen molar-refractivity contribution in [3.8, 4) is 0 Å². The Kier molecular flexibility index (Phi) is 7.62. The number of anilines is 3. The molecule has 1 aliphatic carbocycles. The number of fused-ring (bicyclic) bond motifs is 1. The minimum atomic E-state index is -0.141. The smallest absolute Gasteiger partial charge is 0.255 e. The van der Waals surface area contributed by atoms with Crippen molar-refractivity contribution < 1.29 is 14.3 Å². The lowest BCUT2D eigenvalue weighted by Gasteiger charge is -2.29. The van der Waals surface area contributed by atoms with Gasteiger partial charge in [-0.2, -0.15) is 0 Å². The summed E-state index contributed by atoms with van der Waals surface area (Å²) in [6.07, 6.45) is 6.56. The Morgan fingerprint density at radius 3 is 2.58 bits per heavy atom. The molecule has 2 fully saturated rings. The Balaban J connectivity index is 1.31. The SMILES string of the molecule is CNC(=O)[C@H]1CC[C@H](NC(=O)c2cnc(Nc3ccc4ncsc4c3)cc2NC2CCOCC2)CC1. The fourth-order valence-corrected chi connectivity index (χ4v) is 5.65. The van der Waals surface area contributed by atoms with Gasteiger partial charge in [0.25, 0.3) is 5.91 Å². The first-order valence-corrected chi connectivity index (χ1v) is 13.4. The van der Waals surface area contributed by atoms with E-state index < -0.39 is 0 Å². The van der Waals surface area contributed by atoms with Crippen LogP contribution in [0.5, 0.6) is 0 Å². The van der Waals surface area contributed by atoms with Crippen LogP contribution in [0, 0.1) is 5.92 Å². The van der Waals surface area contributed by atoms with Gasteiger partial charge in [-0.05, 0) is 56.7 Å². The Morgan fingerprint density at radius 1 is 1.00 bits per heavy atom. The van der Waals surface area contributed by atoms with Crippen LogP contribution in [0.4, 0.5) is 17.2 Å². The van der Waals surface area contributed by atoms with Gasteiger partial charge in [0.2, 0.25) is 5.91 Å². The topological polar surface area (TPSA) is 117 Å². The average molecular weight is 509 g/mol. The van der Waals surface area contributed by atoms with E-state index in [1.807, 2.05) is 23.7 Å². The van der Waals surface area contributed by atoms with Crippen LogP contribution in [0.2, 0.25) is 0 Å². The third-order valence-corrected chi connectivity index (χ3v) is 7.80. The number of nitrogens with one attached hydrogen (secondary N) is 4. The number of carbonyl (C=O) groups excluding carboxylic acids is 2. The molecular formula is C26H32N6O3S. The van der Waals surface area contributed by atoms with Crippen LogP contribution in [0.15, 0.2) is 36.0 Å². The molecule has 0 radical (unpaired) electrons. The molecule has 0 bridgehead atoms. The van der Waals surface area contributed by atoms with E-state index in [0.29, 0.717) is 24.6 Å². The Labute approximate surface area is 214 Å². The highest BCUT2D eigenvalue weighted by Gasteiger charge is 2.27. The number of aromatic nitrogens is 2. The van der Waals surface area contributed by atoms with Crippen molar-refractivity contribution in [2.45, 2.75) is 50.6 Å². The zero-order valence-corrected chi connectivity index (χ0v) is 21.2. The number of hydrogen-bond acceptors (Lipinski definition) is 8. The monoisotopic (exact) mass is 508 g/mol. The summed E-state index contributed by atoms with van der Waals surface area (Å²) in [5.41, 5.74) is 5.01. The number of carbonyl (C=O) groups is 2. The van der Waals surface area contributed by atoms with Crippen LogP contribution in [0.3, 0.4) is 0 Å². The molecule has 2 amide bonds. The van der Waals surface area contributed by atoms with Gasteiger partial charge < -0.3 is 26.0 Å². The van der Waals surface area contributed by atoms with Gasteiger partial charge in [0.15, 0.2) is 0 Å². The highest BCUT2D eigenvalue weighted by Crippen LogP contribution is 2.28. The zero-order chi connectivity index (χ0) is 24.9. The van der Waals surface area contributed by atoms with Gasteiger partial charge in [-0.1, -0.05) is 0 Å². The minimum Gasteiger partial charge on any atom is -0.381 e. The molecule has 9 nitrogen and oxygen atoms in total. The molecule has 1 aliphatic heterocycles. The first-order valence-electron chi connectivity index (χ1n) is 12.6. The molecule has 0 atom stereocenters. The number of thiazole rings is 1. The average Bonchev–Trinajstić information content (AvgIpc) is 3.37. The van der Waals surface area contributed by atoms with Gasteiger partial charge in [0, 0.05) is 56.2 Å². The van der Waals surface area contributed by atoms with Gasteiger partial charge in [0.1, 0.15) is 5.82 Å². The molecule has 0 unspecified atom stereocenters. The largest absolute Gasteiger partial charge is 0.381 e. The third-order valence-electron chi connectivity index (χ3n) is 7.01. The fourth-order valence-electron chi connectivity index (χ4n) is 4.93. The van der Waals surface area contributed by atoms with Crippen molar-refractivity contribution in [2.24, 2.45) is 5.92 Å². The summed E-state index contributed by atoms with van der Waals surface area (Å²) in [6.45, 7) is 1.41. The minimum absolute atomic E-state index is 0.0325. The van der Waals surface area contributed by atoms with Gasteiger partial charge in [-0.25, -0.2) is 9.97 Å². The number of amides is 2. The van der Waals surface area contributed by atoms with E-state index in [4.69, 9.17) is 4.74 Å². The molecular weight excluding hydrogens is 476 g/mol. The predicted molar refractivity (Wildman–Crippen MR) is 142 cm³/mol. The summed E-state index contributed by atoms with van der Waals surface area (Å²) in [7, 11) is 1.67. The molecule has 0 spiro atoms. The maximum atomic E-state index is 13.3. The van der Waals surface area contributed by atoms with Gasteiger partial charge in [-0.3, -0.25) is 9.59 Å². The van der Waals surface area contributed by atoms with E-state index >= 15 is 0 Å². The lowest BCUT2D eigenvalue weighted by molar-refractivity contribution is -0.125. The summed E-state index contributed by atoms with van der Waals surface area (Å²) < 4.78 is 6.60. The first-order chi connectivity index (χ1) is 17.6. The molecule has 3 aromatic rings. The molecule has 36 heavy (non-hydrogen) atoms. The van der Waals surface area contributed by atoms with Crippen molar-refractivity contribution in [1.29, 1.82) is 0 Å². The summed E-state index contributed by atoms with van der Waals surface area (Å²) in [5.74, 6) is 0.642. The van der Waals surface area contributed by atoms with Crippen molar-refractivity contribution >= 4 is 50.6 Å². The molecule has 1 saturated carbocycles. The van der Waals surface area contributed by atoms with E-state index in [9.17, 15) is 9.59 Å². The normalized spacial score (nSPS) is 20.6. The lowest BCUT2D eigenvalue weighted by Crippen LogP contribution is -2.40. The highest BCUT2D eigenvalue weighted by atomic mass is 32.1. The van der Waals surface area contributed by atoms with Gasteiger partial charge in [-0.15, -0.1) is 11.3 Å². The molecule has 10 heteroatoms. The maximum absolute atomic E-state index is 13.3. The predicted octanol–water partition coefficient (Wildman–Crippen LogP) is 4.06. The quantitative estimate of drug-likeness (QED) is 0.380. The summed E-state index contributed by atoms with van der Waals surface area (Å²) >= 11 is 1.59. The number of nitrogens with zero attached hydrogens (tertiary/aromatic N) is 2. The van der Waals surface area contributed by atoms with Crippen molar-refractivity contribution in [1.82, 2.24) is 20.6 Å². The number of ether oxygens (including phenoxy) is 1. The van der Waals surface area contributed by atoms with Crippen LogP contribution in [-0.4, -0.2) is 54.1 Å². The van der Waals surface area contributed by atoms with Crippen LogP contribution >= 0.6 is 11.3 Å². The van der Waals surface area contributed by atoms with Crippen molar-refractivity contribution in [3.05, 3.63) is 41.5 Å². The molecule has 5 rings (SSSR count). The molecule has 1 saturated heterocycles. The van der Waals surface area contributed by atoms with Crippen molar-refractivity contribution in [3.63, 3.8) is 0 Å². The van der Waals surface area contributed by atoms with Gasteiger partial charge in [0.05, 0.1) is 27.0 Å². The molecule has 1 aromatic carbocycles. The van der Waals surface area contributed by atoms with E-state index in [2.05, 4.69) is 37.3 Å². The number of pyridine rings is 1. The summed E-state index contributed by atoms with van der Waals surface area (Å²) in [4.78, 5) is 34.1. The number of rotatable bonds is 7. The van der Waals surface area contributed by atoms with Crippen LogP contribution in [0.25, 0.3) is 10.2 Å². The lowest BCUT2D eigenvalue weighted by atomic mass is 9.85. The van der Waals surface area contributed by atoms with Crippen LogP contribution in [0.1, 0.15) is 48.9 Å². The number of hydrogen-bond donors (Lipinski definition) is 4. The van der Waals surface area contributed by atoms with E-state index in [1.54, 1.807) is 24.6 Å². The van der Waals surface area contributed by atoms with E-state index in [-0.39, 0.29) is 29.8 Å². The first kappa shape index (κ1) is 24.5. The molecule has 2 aliphatic rings. The maximum Gasteiger partial charge on any atom is 0.255 e. The number of benzene rings is 1. The Morgan fingerprint density at radius 2 is 1.81 bits per heavy atom. The van der Waals surface area contributed by atoms with E-state index in [0.717, 1.165) is 60.1 Å². The van der Waals surface area contributed by atoms with Crippen LogP contribution in [-0.2, 0) is 9.53 Å². The summed E-state index contributed by atoms with van der Waals surface area (Å²) in [6, 6.07) is 8.20. The molecule has 3 heterocycles. The van der Waals surface area contributed by atoms with Crippen LogP contribution < -0.4 is 21.3 Å². The second kappa shape index (κ2) is 11.2. The standard InChI is InChI=1S/C26H32N6O3S/c1-27-25(33)16-2-4-17(5-3-16)32-26(34)20-14-28-24(13-22(20)30-18-8-10-35-11-9-18)31-19-6-7-21-23(12-19)36-15-29-21/h6-7,12-18H,2-5,8-11H2,1H3,(H,27,33)(H,32,34)(H2,28,30,31)/t16-,17-. The van der Waals surface area contributed by atoms with Gasteiger partial charge >= 0.3 is 0 Å². The Hall–Kier alpha value is -3.24. The fraction of sp³-hybridized carbons (Fsp3) is 0.462. The second-order valence-corrected chi connectivity index (χ2v) is 10.3. The molecule has 2 aromatic heterocycles. The second-order valence-electron chi connectivity index (χ2n) is 9.44. The third kappa shape index (κ3) is 5.76.